The SMILES string of the molecule is Fc1ccc(C=Nc2cc(Cl)cc(Cl)c2)cc1. The van der Waals surface area contributed by atoms with Gasteiger partial charge in [0.05, 0.1) is 5.69 Å². The molecule has 1 nitrogen and oxygen atoms in total. The number of benzene rings is 2. The third-order valence-corrected chi connectivity index (χ3v) is 2.52. The van der Waals surface area contributed by atoms with Crippen molar-refractivity contribution in [2.24, 2.45) is 4.99 Å². The number of hydrogen-bond acceptors (Lipinski definition) is 1. The molecule has 0 heterocycles. The molecule has 0 saturated carbocycles. The van der Waals surface area contributed by atoms with Gasteiger partial charge >= 0.3 is 0 Å². The quantitative estimate of drug-likeness (QED) is 0.688. The van der Waals surface area contributed by atoms with Crippen molar-refractivity contribution in [1.82, 2.24) is 0 Å². The van der Waals surface area contributed by atoms with Crippen LogP contribution in [0.25, 0.3) is 0 Å². The maximum absolute atomic E-state index is 12.7. The fourth-order valence-electron chi connectivity index (χ4n) is 1.31. The maximum atomic E-state index is 12.7. The largest absolute Gasteiger partial charge is 0.256 e. The summed E-state index contributed by atoms with van der Waals surface area (Å²) in [7, 11) is 0. The highest BCUT2D eigenvalue weighted by atomic mass is 35.5. The van der Waals surface area contributed by atoms with E-state index in [1.165, 1.54) is 12.1 Å². The highest BCUT2D eigenvalue weighted by molar-refractivity contribution is 6.35. The third kappa shape index (κ3) is 3.55. The van der Waals surface area contributed by atoms with E-state index in [1.807, 2.05) is 0 Å². The molecule has 4 heteroatoms. The molecule has 0 saturated heterocycles. The second-order valence-electron chi connectivity index (χ2n) is 3.44. The van der Waals surface area contributed by atoms with Crippen molar-refractivity contribution in [1.29, 1.82) is 0 Å². The Morgan fingerprint density at radius 3 is 2.12 bits per heavy atom. The van der Waals surface area contributed by atoms with Crippen LogP contribution in [0.2, 0.25) is 10.0 Å². The van der Waals surface area contributed by atoms with Crippen LogP contribution in [-0.2, 0) is 0 Å². The molecule has 0 aliphatic carbocycles. The maximum Gasteiger partial charge on any atom is 0.123 e. The predicted octanol–water partition coefficient (Wildman–Crippen LogP) is 4.88. The van der Waals surface area contributed by atoms with Crippen molar-refractivity contribution in [3.05, 3.63) is 63.9 Å². The zero-order valence-electron chi connectivity index (χ0n) is 8.70. The van der Waals surface area contributed by atoms with Gasteiger partial charge in [0, 0.05) is 16.3 Å². The average Bonchev–Trinajstić information content (AvgIpc) is 2.27. The van der Waals surface area contributed by atoms with Crippen LogP contribution in [-0.4, -0.2) is 6.21 Å². The molecule has 0 unspecified atom stereocenters. The summed E-state index contributed by atoms with van der Waals surface area (Å²) in [6.45, 7) is 0. The Hall–Kier alpha value is -1.38. The molecule has 2 aromatic carbocycles. The number of aliphatic imine (C=N–C) groups is 1. The molecule has 0 fully saturated rings. The van der Waals surface area contributed by atoms with Crippen molar-refractivity contribution < 1.29 is 4.39 Å². The van der Waals surface area contributed by atoms with Crippen LogP contribution in [0.15, 0.2) is 47.5 Å². The molecule has 2 rings (SSSR count). The van der Waals surface area contributed by atoms with Crippen LogP contribution < -0.4 is 0 Å². The Morgan fingerprint density at radius 1 is 0.941 bits per heavy atom. The fourth-order valence-corrected chi connectivity index (χ4v) is 1.83. The summed E-state index contributed by atoms with van der Waals surface area (Å²) in [5.41, 5.74) is 1.47. The van der Waals surface area contributed by atoms with Crippen molar-refractivity contribution in [2.75, 3.05) is 0 Å². The number of rotatable bonds is 2. The summed E-state index contributed by atoms with van der Waals surface area (Å²) in [4.78, 5) is 4.21. The van der Waals surface area contributed by atoms with Gasteiger partial charge in [-0.1, -0.05) is 35.3 Å². The molecule has 86 valence electrons. The van der Waals surface area contributed by atoms with Gasteiger partial charge in [-0.15, -0.1) is 0 Å². The van der Waals surface area contributed by atoms with Crippen molar-refractivity contribution >= 4 is 35.1 Å². The summed E-state index contributed by atoms with van der Waals surface area (Å²) in [5, 5.41) is 1.06. The zero-order valence-corrected chi connectivity index (χ0v) is 10.2. The molecule has 0 N–H and O–H groups in total. The summed E-state index contributed by atoms with van der Waals surface area (Å²) in [6, 6.07) is 11.1. The normalized spacial score (nSPS) is 11.0. The van der Waals surface area contributed by atoms with Crippen LogP contribution in [0.4, 0.5) is 10.1 Å². The Labute approximate surface area is 109 Å². The second-order valence-corrected chi connectivity index (χ2v) is 4.31. The van der Waals surface area contributed by atoms with Gasteiger partial charge < -0.3 is 0 Å². The van der Waals surface area contributed by atoms with E-state index < -0.39 is 0 Å². The summed E-state index contributed by atoms with van der Waals surface area (Å²) in [6.07, 6.45) is 1.63. The molecule has 0 radical (unpaired) electrons. The first-order valence-corrected chi connectivity index (χ1v) is 5.65. The van der Waals surface area contributed by atoms with E-state index in [9.17, 15) is 4.39 Å². The van der Waals surface area contributed by atoms with Crippen LogP contribution in [0.5, 0.6) is 0 Å². The molecule has 0 aliphatic rings. The van der Waals surface area contributed by atoms with Crippen molar-refractivity contribution in [2.45, 2.75) is 0 Å². The van der Waals surface area contributed by atoms with Crippen LogP contribution in [0.3, 0.4) is 0 Å². The van der Waals surface area contributed by atoms with E-state index in [0.717, 1.165) is 5.56 Å². The third-order valence-electron chi connectivity index (χ3n) is 2.08. The highest BCUT2D eigenvalue weighted by Gasteiger charge is 1.96. The predicted molar refractivity (Wildman–Crippen MR) is 70.1 cm³/mol. The minimum atomic E-state index is -0.270. The first kappa shape index (κ1) is 12.1. The Kier molecular flexibility index (Phi) is 3.77. The summed E-state index contributed by atoms with van der Waals surface area (Å²) in [5.74, 6) is -0.270. The Balaban J connectivity index is 2.22. The fraction of sp³-hybridized carbons (Fsp3) is 0. The van der Waals surface area contributed by atoms with E-state index in [0.29, 0.717) is 15.7 Å². The summed E-state index contributed by atoms with van der Waals surface area (Å²) < 4.78 is 12.7. The minimum Gasteiger partial charge on any atom is -0.256 e. The van der Waals surface area contributed by atoms with Crippen LogP contribution in [0, 0.1) is 5.82 Å². The molecule has 0 amide bonds. The first-order valence-electron chi connectivity index (χ1n) is 4.89. The molecule has 0 spiro atoms. The number of halogens is 3. The topological polar surface area (TPSA) is 12.4 Å². The Morgan fingerprint density at radius 2 is 1.53 bits per heavy atom. The van der Waals surface area contributed by atoms with Crippen molar-refractivity contribution in [3.63, 3.8) is 0 Å². The molecular weight excluding hydrogens is 260 g/mol. The average molecular weight is 268 g/mol. The molecule has 2 aromatic rings. The number of hydrogen-bond donors (Lipinski definition) is 0. The van der Waals surface area contributed by atoms with Gasteiger partial charge in [0.15, 0.2) is 0 Å². The Bertz CT molecular complexity index is 530. The van der Waals surface area contributed by atoms with Crippen LogP contribution in [0.1, 0.15) is 5.56 Å². The lowest BCUT2D eigenvalue weighted by atomic mass is 10.2. The van der Waals surface area contributed by atoms with E-state index in [-0.39, 0.29) is 5.82 Å². The minimum absolute atomic E-state index is 0.270. The standard InChI is InChI=1S/C13H8Cl2FN/c14-10-5-11(15)7-13(6-10)17-8-9-1-3-12(16)4-2-9/h1-8H. The van der Waals surface area contributed by atoms with Crippen LogP contribution >= 0.6 is 23.2 Å². The van der Waals surface area contributed by atoms with Gasteiger partial charge in [0.2, 0.25) is 0 Å². The van der Waals surface area contributed by atoms with Gasteiger partial charge in [-0.25, -0.2) is 4.39 Å². The molecule has 0 bridgehead atoms. The van der Waals surface area contributed by atoms with Gasteiger partial charge in [-0.05, 0) is 35.9 Å². The van der Waals surface area contributed by atoms with E-state index in [4.69, 9.17) is 23.2 Å². The monoisotopic (exact) mass is 267 g/mol. The molecule has 0 atom stereocenters. The van der Waals surface area contributed by atoms with Gasteiger partial charge in [-0.3, -0.25) is 4.99 Å². The number of nitrogens with zero attached hydrogens (tertiary/aromatic N) is 1. The lowest BCUT2D eigenvalue weighted by molar-refractivity contribution is 0.628. The molecule has 0 aromatic heterocycles. The lowest BCUT2D eigenvalue weighted by Crippen LogP contribution is -1.81. The highest BCUT2D eigenvalue weighted by Crippen LogP contribution is 2.24. The van der Waals surface area contributed by atoms with Gasteiger partial charge in [-0.2, -0.15) is 0 Å². The lowest BCUT2D eigenvalue weighted by Gasteiger charge is -1.97. The summed E-state index contributed by atoms with van der Waals surface area (Å²) >= 11 is 11.7. The molecule has 0 aliphatic heterocycles. The molecule has 17 heavy (non-hydrogen) atoms. The zero-order chi connectivity index (χ0) is 12.3. The van der Waals surface area contributed by atoms with Gasteiger partial charge in [0.25, 0.3) is 0 Å². The second kappa shape index (κ2) is 5.30. The van der Waals surface area contributed by atoms with E-state index in [2.05, 4.69) is 4.99 Å². The van der Waals surface area contributed by atoms with Gasteiger partial charge in [0.1, 0.15) is 5.82 Å². The smallest absolute Gasteiger partial charge is 0.123 e. The van der Waals surface area contributed by atoms with E-state index in [1.54, 1.807) is 36.5 Å². The molecular formula is C13H8Cl2FN. The van der Waals surface area contributed by atoms with E-state index >= 15 is 0 Å². The van der Waals surface area contributed by atoms with Crippen molar-refractivity contribution in [3.8, 4) is 0 Å². The first-order chi connectivity index (χ1) is 8.13.